The summed E-state index contributed by atoms with van der Waals surface area (Å²) in [5, 5.41) is 12.5. The molecule has 0 saturated heterocycles. The Kier molecular flexibility index (Phi) is 7.50. The maximum absolute atomic E-state index is 11.0. The molecule has 3 rings (SSSR count). The Morgan fingerprint density at radius 2 is 1.28 bits per heavy atom. The summed E-state index contributed by atoms with van der Waals surface area (Å²) in [4.78, 5) is 11.0. The lowest BCUT2D eigenvalue weighted by Gasteiger charge is -2.37. The third kappa shape index (κ3) is 5.08. The summed E-state index contributed by atoms with van der Waals surface area (Å²) in [5.41, 5.74) is 3.09. The molecule has 0 heterocycles. The Morgan fingerprint density at radius 1 is 0.862 bits per heavy atom. The summed E-state index contributed by atoms with van der Waals surface area (Å²) in [5.74, 6) is 0.0460. The van der Waals surface area contributed by atoms with Crippen molar-refractivity contribution in [3.8, 4) is 0 Å². The minimum absolute atomic E-state index is 0.378. The monoisotopic (exact) mass is 405 g/mol. The lowest BCUT2D eigenvalue weighted by Crippen LogP contribution is -2.45. The third-order valence-electron chi connectivity index (χ3n) is 5.05. The molecule has 1 atom stereocenters. The van der Waals surface area contributed by atoms with Crippen LogP contribution in [-0.2, 0) is 10.3 Å². The molecule has 3 aromatic carbocycles. The van der Waals surface area contributed by atoms with Crippen LogP contribution in [0, 0.1) is 0 Å². The zero-order valence-corrected chi connectivity index (χ0v) is 17.4. The van der Waals surface area contributed by atoms with Gasteiger partial charge in [0.15, 0.2) is 0 Å². The van der Waals surface area contributed by atoms with E-state index in [4.69, 9.17) is 5.11 Å². The van der Waals surface area contributed by atoms with Gasteiger partial charge in [0.2, 0.25) is 0 Å². The van der Waals surface area contributed by atoms with Crippen LogP contribution >= 0.6 is 11.8 Å². The van der Waals surface area contributed by atoms with Crippen molar-refractivity contribution in [2.75, 3.05) is 12.3 Å². The van der Waals surface area contributed by atoms with Gasteiger partial charge in [-0.25, -0.2) is 0 Å². The number of aliphatic carboxylic acids is 1. The van der Waals surface area contributed by atoms with Gasteiger partial charge in [-0.05, 0) is 42.3 Å². The van der Waals surface area contributed by atoms with E-state index in [1.807, 2.05) is 18.2 Å². The van der Waals surface area contributed by atoms with Crippen molar-refractivity contribution in [2.45, 2.75) is 24.1 Å². The minimum atomic E-state index is -0.754. The zero-order valence-electron chi connectivity index (χ0n) is 16.6. The molecule has 4 heteroatoms. The smallest absolute Gasteiger partial charge is 0.316 e. The molecular formula is C25H27NO2S. The summed E-state index contributed by atoms with van der Waals surface area (Å²) >= 11 is 1.48. The standard InChI is InChI=1S/C25H27NO2S/c1-20(24(27)28)29-19-11-18-26-25(21-12-5-2-6-13-21,22-14-7-3-8-15-22)23-16-9-4-10-17-23/h2-10,12-17,20,26H,11,18-19H2,1H3,(H,27,28). The first kappa shape index (κ1) is 21.2. The van der Waals surface area contributed by atoms with Crippen LogP contribution in [-0.4, -0.2) is 28.6 Å². The molecule has 0 fully saturated rings. The van der Waals surface area contributed by atoms with Crippen LogP contribution in [0.1, 0.15) is 30.0 Å². The molecule has 1 unspecified atom stereocenters. The number of hydrogen-bond acceptors (Lipinski definition) is 3. The first-order valence-corrected chi connectivity index (χ1v) is 11.0. The summed E-state index contributed by atoms with van der Waals surface area (Å²) in [6.45, 7) is 2.51. The van der Waals surface area contributed by atoms with Gasteiger partial charge >= 0.3 is 5.97 Å². The number of carboxylic acid groups (broad SMARTS) is 1. The number of carboxylic acids is 1. The molecule has 0 radical (unpaired) electrons. The Labute approximate surface area is 177 Å². The maximum Gasteiger partial charge on any atom is 0.316 e. The van der Waals surface area contributed by atoms with Crippen LogP contribution in [0.3, 0.4) is 0 Å². The van der Waals surface area contributed by atoms with Gasteiger partial charge < -0.3 is 5.11 Å². The molecular weight excluding hydrogens is 378 g/mol. The molecule has 0 aromatic heterocycles. The number of nitrogens with one attached hydrogen (secondary N) is 1. The molecule has 0 aliphatic carbocycles. The van der Waals surface area contributed by atoms with Gasteiger partial charge in [0.25, 0.3) is 0 Å². The number of hydrogen-bond donors (Lipinski definition) is 2. The average molecular weight is 406 g/mol. The van der Waals surface area contributed by atoms with Crippen molar-refractivity contribution in [3.63, 3.8) is 0 Å². The molecule has 0 amide bonds. The Balaban J connectivity index is 1.92. The SMILES string of the molecule is CC(SCCCNC(c1ccccc1)(c1ccccc1)c1ccccc1)C(=O)O. The quantitative estimate of drug-likeness (QED) is 0.361. The first-order valence-electron chi connectivity index (χ1n) is 9.90. The number of benzene rings is 3. The van der Waals surface area contributed by atoms with E-state index in [9.17, 15) is 4.79 Å². The number of rotatable bonds is 10. The van der Waals surface area contributed by atoms with Crippen LogP contribution in [0.15, 0.2) is 91.0 Å². The van der Waals surface area contributed by atoms with Gasteiger partial charge in [-0.3, -0.25) is 10.1 Å². The first-order chi connectivity index (χ1) is 14.1. The molecule has 0 aliphatic heterocycles. The summed E-state index contributed by atoms with van der Waals surface area (Å²) in [6.07, 6.45) is 0.885. The van der Waals surface area contributed by atoms with E-state index in [1.165, 1.54) is 28.5 Å². The molecule has 2 N–H and O–H groups in total. The van der Waals surface area contributed by atoms with Gasteiger partial charge in [-0.2, -0.15) is 0 Å². The highest BCUT2D eigenvalue weighted by Gasteiger charge is 2.35. The van der Waals surface area contributed by atoms with Gasteiger partial charge in [0.1, 0.15) is 0 Å². The Hall–Kier alpha value is -2.56. The van der Waals surface area contributed by atoms with Crippen LogP contribution < -0.4 is 5.32 Å². The molecule has 0 aliphatic rings. The van der Waals surface area contributed by atoms with E-state index in [0.29, 0.717) is 0 Å². The van der Waals surface area contributed by atoms with Crippen molar-refractivity contribution in [1.29, 1.82) is 0 Å². The lowest BCUT2D eigenvalue weighted by molar-refractivity contribution is -0.136. The summed E-state index contributed by atoms with van der Waals surface area (Å²) in [7, 11) is 0. The normalized spacial score (nSPS) is 12.4. The number of thioether (sulfide) groups is 1. The predicted octanol–water partition coefficient (Wildman–Crippen LogP) is 5.16. The molecule has 29 heavy (non-hydrogen) atoms. The van der Waals surface area contributed by atoms with Gasteiger partial charge in [0, 0.05) is 0 Å². The van der Waals surface area contributed by atoms with Crippen LogP contribution in [0.4, 0.5) is 0 Å². The molecule has 0 saturated carbocycles. The molecule has 3 aromatic rings. The lowest BCUT2D eigenvalue weighted by atomic mass is 9.77. The van der Waals surface area contributed by atoms with Gasteiger partial charge in [0.05, 0.1) is 10.8 Å². The fourth-order valence-electron chi connectivity index (χ4n) is 3.55. The van der Waals surface area contributed by atoms with Crippen molar-refractivity contribution >= 4 is 17.7 Å². The highest BCUT2D eigenvalue weighted by Crippen LogP contribution is 2.36. The molecule has 0 bridgehead atoms. The van der Waals surface area contributed by atoms with Crippen LogP contribution in [0.2, 0.25) is 0 Å². The van der Waals surface area contributed by atoms with Crippen LogP contribution in [0.5, 0.6) is 0 Å². The van der Waals surface area contributed by atoms with Crippen molar-refractivity contribution in [1.82, 2.24) is 5.32 Å². The van der Waals surface area contributed by atoms with Crippen molar-refractivity contribution in [2.24, 2.45) is 0 Å². The average Bonchev–Trinajstić information content (AvgIpc) is 2.78. The fourth-order valence-corrected chi connectivity index (χ4v) is 4.36. The summed E-state index contributed by atoms with van der Waals surface area (Å²) < 4.78 is 0. The van der Waals surface area contributed by atoms with E-state index >= 15 is 0 Å². The van der Waals surface area contributed by atoms with Gasteiger partial charge in [-0.15, -0.1) is 11.8 Å². The highest BCUT2D eigenvalue weighted by atomic mass is 32.2. The van der Waals surface area contributed by atoms with E-state index in [1.54, 1.807) is 6.92 Å². The third-order valence-corrected chi connectivity index (χ3v) is 6.27. The van der Waals surface area contributed by atoms with Crippen molar-refractivity contribution in [3.05, 3.63) is 108 Å². The molecule has 0 spiro atoms. The maximum atomic E-state index is 11.0. The van der Waals surface area contributed by atoms with E-state index in [0.717, 1.165) is 18.7 Å². The van der Waals surface area contributed by atoms with E-state index < -0.39 is 11.5 Å². The molecule has 150 valence electrons. The van der Waals surface area contributed by atoms with Crippen molar-refractivity contribution < 1.29 is 9.90 Å². The van der Waals surface area contributed by atoms with E-state index in [2.05, 4.69) is 78.1 Å². The van der Waals surface area contributed by atoms with Gasteiger partial charge in [-0.1, -0.05) is 91.0 Å². The topological polar surface area (TPSA) is 49.3 Å². The fraction of sp³-hybridized carbons (Fsp3) is 0.240. The second kappa shape index (κ2) is 10.3. The highest BCUT2D eigenvalue weighted by molar-refractivity contribution is 8.00. The Morgan fingerprint density at radius 3 is 1.66 bits per heavy atom. The summed E-state index contributed by atoms with van der Waals surface area (Å²) in [6, 6.07) is 31.5. The zero-order chi connectivity index (χ0) is 20.5. The minimum Gasteiger partial charge on any atom is -0.480 e. The molecule has 3 nitrogen and oxygen atoms in total. The van der Waals surface area contributed by atoms with E-state index in [-0.39, 0.29) is 5.25 Å². The second-order valence-corrected chi connectivity index (χ2v) is 8.43. The predicted molar refractivity (Wildman–Crippen MR) is 121 cm³/mol. The second-order valence-electron chi connectivity index (χ2n) is 6.98. The number of carbonyl (C=O) groups is 1. The van der Waals surface area contributed by atoms with Crippen LogP contribution in [0.25, 0.3) is 0 Å². The Bertz CT molecular complexity index is 788. The largest absolute Gasteiger partial charge is 0.480 e.